The van der Waals surface area contributed by atoms with Gasteiger partial charge >= 0.3 is 11.9 Å². The highest BCUT2D eigenvalue weighted by Gasteiger charge is 2.74. The Hall–Kier alpha value is -1.43. The average Bonchev–Trinajstić information content (AvgIpc) is 2.61. The minimum atomic E-state index is -1.62. The van der Waals surface area contributed by atoms with E-state index in [0.717, 1.165) is 6.29 Å². The van der Waals surface area contributed by atoms with Crippen molar-refractivity contribution in [1.29, 1.82) is 0 Å². The molecule has 6 atom stereocenters. The van der Waals surface area contributed by atoms with Gasteiger partial charge in [-0.15, -0.1) is 0 Å². The number of rotatable bonds is 3. The summed E-state index contributed by atoms with van der Waals surface area (Å²) in [6.07, 6.45) is 1.03. The van der Waals surface area contributed by atoms with Crippen LogP contribution in [0.15, 0.2) is 0 Å². The van der Waals surface area contributed by atoms with Gasteiger partial charge in [-0.25, -0.2) is 0 Å². The van der Waals surface area contributed by atoms with Gasteiger partial charge in [0.2, 0.25) is 0 Å². The van der Waals surface area contributed by atoms with Gasteiger partial charge < -0.3 is 19.4 Å². The average molecular weight is 340 g/mol. The first-order valence-corrected chi connectivity index (χ1v) is 8.39. The number of methoxy groups -OCH3 is 1. The van der Waals surface area contributed by atoms with Crippen molar-refractivity contribution < 1.29 is 29.0 Å². The largest absolute Gasteiger partial charge is 0.469 e. The quantitative estimate of drug-likeness (QED) is 0.621. The van der Waals surface area contributed by atoms with E-state index < -0.39 is 46.3 Å². The summed E-state index contributed by atoms with van der Waals surface area (Å²) in [6.45, 7) is 8.69. The summed E-state index contributed by atoms with van der Waals surface area (Å²) in [5, 5.41) is 11.8. The SMILES string of the molecule is COC(=O)[C@@]1(C)CC(C)(C)[C@@H]2[C@@H](OC(C)=O)C[C@@H](C)[C@H](C=O)[C@@]21O. The molecule has 0 aliphatic heterocycles. The maximum atomic E-state index is 12.6. The molecule has 0 aromatic rings. The minimum Gasteiger partial charge on any atom is -0.469 e. The zero-order chi connectivity index (χ0) is 18.5. The second-order valence-corrected chi connectivity index (χ2v) is 8.31. The van der Waals surface area contributed by atoms with Crippen molar-refractivity contribution >= 4 is 18.2 Å². The normalized spacial score (nSPS) is 43.6. The molecule has 0 bridgehead atoms. The van der Waals surface area contributed by atoms with Crippen LogP contribution in [0.25, 0.3) is 0 Å². The fraction of sp³-hybridized carbons (Fsp3) is 0.833. The van der Waals surface area contributed by atoms with Crippen molar-refractivity contribution in [1.82, 2.24) is 0 Å². The van der Waals surface area contributed by atoms with E-state index in [1.807, 2.05) is 20.8 Å². The van der Waals surface area contributed by atoms with Crippen LogP contribution in [0.3, 0.4) is 0 Å². The number of esters is 2. The molecule has 24 heavy (non-hydrogen) atoms. The van der Waals surface area contributed by atoms with Crippen molar-refractivity contribution in [2.45, 2.75) is 59.2 Å². The van der Waals surface area contributed by atoms with Gasteiger partial charge in [-0.05, 0) is 31.1 Å². The molecular weight excluding hydrogens is 312 g/mol. The van der Waals surface area contributed by atoms with Crippen LogP contribution >= 0.6 is 0 Å². The van der Waals surface area contributed by atoms with E-state index >= 15 is 0 Å². The van der Waals surface area contributed by atoms with Crippen LogP contribution in [-0.4, -0.2) is 42.1 Å². The summed E-state index contributed by atoms with van der Waals surface area (Å²) in [7, 11) is 1.28. The Morgan fingerprint density at radius 2 is 1.83 bits per heavy atom. The Balaban J connectivity index is 2.66. The van der Waals surface area contributed by atoms with E-state index in [1.54, 1.807) is 6.92 Å². The van der Waals surface area contributed by atoms with Crippen LogP contribution < -0.4 is 0 Å². The molecule has 2 aliphatic rings. The van der Waals surface area contributed by atoms with Gasteiger partial charge in [0.1, 0.15) is 12.4 Å². The lowest BCUT2D eigenvalue weighted by molar-refractivity contribution is -0.214. The van der Waals surface area contributed by atoms with Gasteiger partial charge in [0, 0.05) is 18.8 Å². The topological polar surface area (TPSA) is 89.9 Å². The van der Waals surface area contributed by atoms with E-state index in [1.165, 1.54) is 14.0 Å². The fourth-order valence-electron chi connectivity index (χ4n) is 5.57. The number of ether oxygens (including phenoxy) is 2. The molecule has 2 rings (SSSR count). The highest BCUT2D eigenvalue weighted by atomic mass is 16.5. The molecular formula is C18H28O6. The molecule has 1 N–H and O–H groups in total. The second kappa shape index (κ2) is 5.83. The van der Waals surface area contributed by atoms with Gasteiger partial charge in [0.05, 0.1) is 18.1 Å². The number of hydrogen-bond acceptors (Lipinski definition) is 6. The number of fused-ring (bicyclic) bond motifs is 1. The van der Waals surface area contributed by atoms with Crippen LogP contribution in [0.4, 0.5) is 0 Å². The van der Waals surface area contributed by atoms with E-state index in [4.69, 9.17) is 9.47 Å². The summed E-state index contributed by atoms with van der Waals surface area (Å²) in [6, 6.07) is 0. The first-order chi connectivity index (χ1) is 11.0. The Bertz CT molecular complexity index is 556. The Labute approximate surface area is 142 Å². The summed E-state index contributed by atoms with van der Waals surface area (Å²) >= 11 is 0. The van der Waals surface area contributed by atoms with E-state index in [0.29, 0.717) is 12.8 Å². The van der Waals surface area contributed by atoms with E-state index in [2.05, 4.69) is 0 Å². The molecule has 136 valence electrons. The molecule has 0 radical (unpaired) electrons. The molecule has 2 aliphatic carbocycles. The van der Waals surface area contributed by atoms with Crippen molar-refractivity contribution in [3.63, 3.8) is 0 Å². The van der Waals surface area contributed by atoms with Crippen molar-refractivity contribution in [2.24, 2.45) is 28.6 Å². The smallest absolute Gasteiger partial charge is 0.314 e. The third-order valence-corrected chi connectivity index (χ3v) is 6.21. The van der Waals surface area contributed by atoms with Crippen LogP contribution in [0.5, 0.6) is 0 Å². The summed E-state index contributed by atoms with van der Waals surface area (Å²) in [5.74, 6) is -2.43. The van der Waals surface area contributed by atoms with Crippen LogP contribution in [-0.2, 0) is 23.9 Å². The molecule has 6 nitrogen and oxygen atoms in total. The molecule has 0 aromatic carbocycles. The number of carbonyl (C=O) groups excluding carboxylic acids is 3. The van der Waals surface area contributed by atoms with Crippen LogP contribution in [0.2, 0.25) is 0 Å². The molecule has 2 fully saturated rings. The number of hydrogen-bond donors (Lipinski definition) is 1. The third-order valence-electron chi connectivity index (χ3n) is 6.21. The first kappa shape index (κ1) is 18.9. The first-order valence-electron chi connectivity index (χ1n) is 8.39. The molecule has 0 aromatic heterocycles. The standard InChI is InChI=1S/C18H28O6/c1-10-7-13(24-11(2)20)14-16(3,4)9-17(5,15(21)23-6)18(14,22)12(10)8-19/h8,10,12-14,22H,7,9H2,1-6H3/t10-,12+,13+,14+,17-,18-/m1/s1. The molecule has 0 spiro atoms. The van der Waals surface area contributed by atoms with Gasteiger partial charge in [-0.2, -0.15) is 0 Å². The minimum absolute atomic E-state index is 0.217. The Kier molecular flexibility index (Phi) is 4.59. The predicted octanol–water partition coefficient (Wildman–Crippen LogP) is 1.73. The monoisotopic (exact) mass is 340 g/mol. The third kappa shape index (κ3) is 2.38. The zero-order valence-corrected chi connectivity index (χ0v) is 15.3. The molecule has 2 saturated carbocycles. The van der Waals surface area contributed by atoms with Gasteiger partial charge in [-0.1, -0.05) is 20.8 Å². The molecule has 0 heterocycles. The summed E-state index contributed by atoms with van der Waals surface area (Å²) in [4.78, 5) is 36.0. The Morgan fingerprint density at radius 3 is 2.29 bits per heavy atom. The number of carbonyl (C=O) groups is 3. The molecule has 0 unspecified atom stereocenters. The Morgan fingerprint density at radius 1 is 1.25 bits per heavy atom. The summed E-state index contributed by atoms with van der Waals surface area (Å²) < 4.78 is 10.5. The van der Waals surface area contributed by atoms with Gasteiger partial charge in [-0.3, -0.25) is 9.59 Å². The van der Waals surface area contributed by atoms with Crippen LogP contribution in [0.1, 0.15) is 47.5 Å². The highest BCUT2D eigenvalue weighted by molar-refractivity contribution is 5.80. The highest BCUT2D eigenvalue weighted by Crippen LogP contribution is 2.66. The molecule has 6 heteroatoms. The zero-order valence-electron chi connectivity index (χ0n) is 15.3. The van der Waals surface area contributed by atoms with Crippen molar-refractivity contribution in [3.05, 3.63) is 0 Å². The second-order valence-electron chi connectivity index (χ2n) is 8.31. The lowest BCUT2D eigenvalue weighted by atomic mass is 9.55. The number of aldehydes is 1. The lowest BCUT2D eigenvalue weighted by Gasteiger charge is -2.53. The van der Waals surface area contributed by atoms with Gasteiger partial charge in [0.25, 0.3) is 0 Å². The predicted molar refractivity (Wildman–Crippen MR) is 85.8 cm³/mol. The molecule has 0 saturated heterocycles. The van der Waals surface area contributed by atoms with Crippen LogP contribution in [0, 0.1) is 28.6 Å². The van der Waals surface area contributed by atoms with Crippen molar-refractivity contribution in [2.75, 3.05) is 7.11 Å². The fourth-order valence-corrected chi connectivity index (χ4v) is 5.57. The molecule has 0 amide bonds. The maximum Gasteiger partial charge on any atom is 0.314 e. The maximum absolute atomic E-state index is 12.6. The summed E-state index contributed by atoms with van der Waals surface area (Å²) in [5.41, 5.74) is -3.36. The van der Waals surface area contributed by atoms with Crippen molar-refractivity contribution in [3.8, 4) is 0 Å². The number of aliphatic hydroxyl groups is 1. The van der Waals surface area contributed by atoms with E-state index in [-0.39, 0.29) is 5.92 Å². The lowest BCUT2D eigenvalue weighted by Crippen LogP contribution is -2.64. The van der Waals surface area contributed by atoms with E-state index in [9.17, 15) is 19.5 Å². The van der Waals surface area contributed by atoms with Gasteiger partial charge in [0.15, 0.2) is 0 Å².